The molecule has 1 aromatic rings. The molecule has 0 radical (unpaired) electrons. The Kier molecular flexibility index (Phi) is 9.84. The Labute approximate surface area is 183 Å². The van der Waals surface area contributed by atoms with Gasteiger partial charge in [-0.05, 0) is 40.4 Å². The lowest BCUT2D eigenvalue weighted by atomic mass is 9.73. The number of nitrogens with one attached hydrogen (secondary N) is 3. The van der Waals surface area contributed by atoms with Crippen LogP contribution in [0.5, 0.6) is 0 Å². The summed E-state index contributed by atoms with van der Waals surface area (Å²) in [5, 5.41) is 8.38. The number of hydrogen-bond acceptors (Lipinski definition) is 5. The van der Waals surface area contributed by atoms with Gasteiger partial charge in [-0.3, -0.25) is 9.59 Å². The lowest BCUT2D eigenvalue weighted by molar-refractivity contribution is -0.120. The average molecular weight is 493 g/mol. The number of carbonyl (C=O) groups excluding carboxylic acids is 2. The van der Waals surface area contributed by atoms with Gasteiger partial charge in [0.25, 0.3) is 5.91 Å². The van der Waals surface area contributed by atoms with Crippen LogP contribution in [0.2, 0.25) is 5.02 Å². The van der Waals surface area contributed by atoms with Crippen LogP contribution in [0.4, 0.5) is 4.39 Å². The van der Waals surface area contributed by atoms with Gasteiger partial charge in [0.15, 0.2) is 5.82 Å². The van der Waals surface area contributed by atoms with Crippen molar-refractivity contribution in [1.29, 1.82) is 0 Å². The summed E-state index contributed by atoms with van der Waals surface area (Å²) in [4.78, 5) is 24.7. The molecule has 2 rings (SSSR count). The van der Waals surface area contributed by atoms with Crippen molar-refractivity contribution >= 4 is 46.5 Å². The molecule has 1 atom stereocenters. The standard InChI is InChI=1S/C18H25BBrClFN3O4/c1-11(2)9-14(19-28-7-5-23-6-8-29-19)25-15(26)10-24-18(27)16-13(21)4-3-12(20)17(16)22/h3-4,11,14,23H,5-10H2,1-2H3,(H,24,27)(H,25,26)/t14-/m0/s1. The van der Waals surface area contributed by atoms with Crippen LogP contribution in [-0.4, -0.2) is 57.7 Å². The Bertz CT molecular complexity index is 721. The molecule has 1 saturated heterocycles. The summed E-state index contributed by atoms with van der Waals surface area (Å²) < 4.78 is 25.7. The predicted octanol–water partition coefficient (Wildman–Crippen LogP) is 2.17. The lowest BCUT2D eigenvalue weighted by Crippen LogP contribution is -2.53. The molecule has 0 unspecified atom stereocenters. The lowest BCUT2D eigenvalue weighted by Gasteiger charge is -2.27. The fraction of sp³-hybridized carbons (Fsp3) is 0.556. The van der Waals surface area contributed by atoms with Crippen LogP contribution in [0, 0.1) is 11.7 Å². The summed E-state index contributed by atoms with van der Waals surface area (Å²) in [5.74, 6) is -2.06. The molecule has 3 N–H and O–H groups in total. The zero-order chi connectivity index (χ0) is 21.4. The van der Waals surface area contributed by atoms with E-state index in [1.807, 2.05) is 13.8 Å². The van der Waals surface area contributed by atoms with Gasteiger partial charge in [-0.25, -0.2) is 4.39 Å². The summed E-state index contributed by atoms with van der Waals surface area (Å²) in [6, 6.07) is 2.81. The summed E-state index contributed by atoms with van der Waals surface area (Å²) in [6.07, 6.45) is 0.643. The van der Waals surface area contributed by atoms with Gasteiger partial charge >= 0.3 is 7.12 Å². The Hall–Kier alpha value is -1.20. The monoisotopic (exact) mass is 491 g/mol. The minimum absolute atomic E-state index is 0.0359. The third-order valence-electron chi connectivity index (χ3n) is 4.20. The van der Waals surface area contributed by atoms with Crippen molar-refractivity contribution in [2.45, 2.75) is 26.2 Å². The molecule has 2 amide bonds. The van der Waals surface area contributed by atoms with Crippen LogP contribution < -0.4 is 16.0 Å². The van der Waals surface area contributed by atoms with Crippen LogP contribution in [-0.2, 0) is 14.1 Å². The fourth-order valence-corrected chi connectivity index (χ4v) is 3.45. The zero-order valence-corrected chi connectivity index (χ0v) is 18.7. The van der Waals surface area contributed by atoms with E-state index in [9.17, 15) is 14.0 Å². The van der Waals surface area contributed by atoms with E-state index in [-0.39, 0.29) is 27.5 Å². The number of hydrogen-bond donors (Lipinski definition) is 3. The first-order valence-electron chi connectivity index (χ1n) is 9.44. The molecule has 1 aliphatic heterocycles. The number of rotatable bonds is 7. The minimum Gasteiger partial charge on any atom is -0.408 e. The number of carbonyl (C=O) groups is 2. The zero-order valence-electron chi connectivity index (χ0n) is 16.4. The first kappa shape index (κ1) is 24.1. The van der Waals surface area contributed by atoms with E-state index >= 15 is 0 Å². The van der Waals surface area contributed by atoms with Gasteiger partial charge in [0.05, 0.1) is 27.5 Å². The van der Waals surface area contributed by atoms with Gasteiger partial charge < -0.3 is 25.3 Å². The summed E-state index contributed by atoms with van der Waals surface area (Å²) in [7, 11) is -0.573. The summed E-state index contributed by atoms with van der Waals surface area (Å²) in [5.41, 5.74) is -0.313. The molecule has 1 fully saturated rings. The highest BCUT2D eigenvalue weighted by Crippen LogP contribution is 2.25. The molecule has 7 nitrogen and oxygen atoms in total. The van der Waals surface area contributed by atoms with E-state index < -0.39 is 24.7 Å². The first-order chi connectivity index (χ1) is 13.8. The molecule has 0 aromatic heterocycles. The Morgan fingerprint density at radius 2 is 1.97 bits per heavy atom. The van der Waals surface area contributed by atoms with E-state index in [4.69, 9.17) is 20.9 Å². The van der Waals surface area contributed by atoms with E-state index in [0.717, 1.165) is 0 Å². The molecule has 0 bridgehead atoms. The second-order valence-electron chi connectivity index (χ2n) is 7.06. The van der Waals surface area contributed by atoms with Crippen molar-refractivity contribution in [3.8, 4) is 0 Å². The highest BCUT2D eigenvalue weighted by molar-refractivity contribution is 9.10. The highest BCUT2D eigenvalue weighted by atomic mass is 79.9. The van der Waals surface area contributed by atoms with Crippen molar-refractivity contribution in [1.82, 2.24) is 16.0 Å². The van der Waals surface area contributed by atoms with Crippen LogP contribution in [0.1, 0.15) is 30.6 Å². The van der Waals surface area contributed by atoms with Crippen LogP contribution in [0.25, 0.3) is 0 Å². The molecular formula is C18H25BBrClFN3O4. The molecule has 29 heavy (non-hydrogen) atoms. The SMILES string of the molecule is CC(C)C[C@H](NC(=O)CNC(=O)c1c(Cl)ccc(Br)c1F)B1OCCNCCO1. The molecule has 1 aromatic carbocycles. The first-order valence-corrected chi connectivity index (χ1v) is 10.6. The molecule has 0 aliphatic carbocycles. The molecular weight excluding hydrogens is 467 g/mol. The van der Waals surface area contributed by atoms with E-state index in [1.54, 1.807) is 0 Å². The van der Waals surface area contributed by atoms with Crippen LogP contribution in [0.15, 0.2) is 16.6 Å². The predicted molar refractivity (Wildman–Crippen MR) is 113 cm³/mol. The van der Waals surface area contributed by atoms with E-state index in [2.05, 4.69) is 31.9 Å². The fourth-order valence-electron chi connectivity index (χ4n) is 2.89. The molecule has 160 valence electrons. The largest absolute Gasteiger partial charge is 0.480 e. The maximum atomic E-state index is 14.2. The highest BCUT2D eigenvalue weighted by Gasteiger charge is 2.33. The second kappa shape index (κ2) is 11.9. The van der Waals surface area contributed by atoms with E-state index in [0.29, 0.717) is 38.6 Å². The number of amides is 2. The van der Waals surface area contributed by atoms with Crippen molar-refractivity contribution in [3.05, 3.63) is 33.0 Å². The van der Waals surface area contributed by atoms with Gasteiger partial charge in [-0.1, -0.05) is 25.4 Å². The summed E-state index contributed by atoms with van der Waals surface area (Å²) in [6.45, 7) is 6.07. The van der Waals surface area contributed by atoms with Crippen molar-refractivity contribution in [2.24, 2.45) is 5.92 Å². The van der Waals surface area contributed by atoms with Gasteiger partial charge in [-0.15, -0.1) is 0 Å². The maximum Gasteiger partial charge on any atom is 0.480 e. The quantitative estimate of drug-likeness (QED) is 0.401. The third kappa shape index (κ3) is 7.53. The normalized spacial score (nSPS) is 16.1. The van der Waals surface area contributed by atoms with Crippen LogP contribution >= 0.6 is 27.5 Å². The third-order valence-corrected chi connectivity index (χ3v) is 5.13. The Balaban J connectivity index is 1.97. The average Bonchev–Trinajstić information content (AvgIpc) is 2.62. The summed E-state index contributed by atoms with van der Waals surface area (Å²) >= 11 is 8.94. The molecule has 0 spiro atoms. The molecule has 0 saturated carbocycles. The van der Waals surface area contributed by atoms with Gasteiger partial charge in [0.1, 0.15) is 0 Å². The maximum absolute atomic E-state index is 14.2. The molecule has 11 heteroatoms. The smallest absolute Gasteiger partial charge is 0.408 e. The second-order valence-corrected chi connectivity index (χ2v) is 8.33. The Morgan fingerprint density at radius 1 is 1.31 bits per heavy atom. The van der Waals surface area contributed by atoms with Crippen molar-refractivity contribution < 1.29 is 23.3 Å². The van der Waals surface area contributed by atoms with E-state index in [1.165, 1.54) is 12.1 Å². The van der Waals surface area contributed by atoms with Gasteiger partial charge in [0.2, 0.25) is 5.91 Å². The van der Waals surface area contributed by atoms with Gasteiger partial charge in [-0.2, -0.15) is 0 Å². The number of benzene rings is 1. The Morgan fingerprint density at radius 3 is 2.59 bits per heavy atom. The van der Waals surface area contributed by atoms with Crippen molar-refractivity contribution in [3.63, 3.8) is 0 Å². The van der Waals surface area contributed by atoms with Gasteiger partial charge in [0, 0.05) is 26.3 Å². The number of halogens is 3. The van der Waals surface area contributed by atoms with Crippen LogP contribution in [0.3, 0.4) is 0 Å². The molecule has 1 heterocycles. The minimum atomic E-state index is -0.780. The van der Waals surface area contributed by atoms with Crippen molar-refractivity contribution in [2.75, 3.05) is 32.8 Å². The molecule has 1 aliphatic rings. The topological polar surface area (TPSA) is 88.7 Å².